The molecule has 0 spiro atoms. The summed E-state index contributed by atoms with van der Waals surface area (Å²) in [6, 6.07) is 8.03. The summed E-state index contributed by atoms with van der Waals surface area (Å²) >= 11 is 1.75. The van der Waals surface area contributed by atoms with Gasteiger partial charge >= 0.3 is 0 Å². The molecule has 29 heavy (non-hydrogen) atoms. The first-order valence-corrected chi connectivity index (χ1v) is 10.6. The molecule has 5 rings (SSSR count). The van der Waals surface area contributed by atoms with Crippen molar-refractivity contribution in [3.63, 3.8) is 0 Å². The van der Waals surface area contributed by atoms with E-state index in [4.69, 9.17) is 9.97 Å². The normalized spacial score (nSPS) is 14.5. The van der Waals surface area contributed by atoms with Crippen LogP contribution in [0, 0.1) is 0 Å². The van der Waals surface area contributed by atoms with Gasteiger partial charge in [-0.2, -0.15) is 0 Å². The average molecular weight is 404 g/mol. The molecule has 0 unspecified atom stereocenters. The van der Waals surface area contributed by atoms with Crippen LogP contribution in [0.15, 0.2) is 49.1 Å². The molecule has 0 atom stereocenters. The Morgan fingerprint density at radius 1 is 0.966 bits per heavy atom. The van der Waals surface area contributed by atoms with Crippen molar-refractivity contribution in [3.05, 3.63) is 53.9 Å². The largest absolute Gasteiger partial charge is 0.352 e. The van der Waals surface area contributed by atoms with Crippen LogP contribution in [0.1, 0.15) is 11.8 Å². The van der Waals surface area contributed by atoms with E-state index in [1.807, 2.05) is 24.4 Å². The zero-order chi connectivity index (χ0) is 19.6. The molecule has 4 aromatic rings. The minimum atomic E-state index is 0.735. The zero-order valence-corrected chi connectivity index (χ0v) is 17.0. The van der Waals surface area contributed by atoms with Crippen molar-refractivity contribution in [2.75, 3.05) is 36.0 Å². The molecular formula is C21H21N7S. The van der Waals surface area contributed by atoms with Gasteiger partial charge in [0.15, 0.2) is 5.82 Å². The van der Waals surface area contributed by atoms with E-state index in [-0.39, 0.29) is 0 Å². The van der Waals surface area contributed by atoms with Crippen molar-refractivity contribution in [1.82, 2.24) is 24.9 Å². The molecule has 4 aromatic heterocycles. The predicted octanol–water partition coefficient (Wildman–Crippen LogP) is 3.43. The van der Waals surface area contributed by atoms with E-state index in [2.05, 4.69) is 37.7 Å². The second-order valence-corrected chi connectivity index (χ2v) is 8.04. The number of hydrogen-bond donors (Lipinski definition) is 0. The molecule has 1 saturated heterocycles. The Balaban J connectivity index is 1.49. The van der Waals surface area contributed by atoms with Gasteiger partial charge in [0.2, 0.25) is 5.95 Å². The molecule has 5 heterocycles. The summed E-state index contributed by atoms with van der Waals surface area (Å²) in [5.41, 5.74) is 0.943. The Kier molecular flexibility index (Phi) is 4.77. The summed E-state index contributed by atoms with van der Waals surface area (Å²) in [7, 11) is 0. The molecule has 1 fully saturated rings. The lowest BCUT2D eigenvalue weighted by molar-refractivity contribution is 0.636. The highest BCUT2D eigenvalue weighted by atomic mass is 32.1. The van der Waals surface area contributed by atoms with E-state index in [1.165, 1.54) is 4.88 Å². The third-order valence-electron chi connectivity index (χ3n) is 5.11. The van der Waals surface area contributed by atoms with Crippen molar-refractivity contribution in [2.24, 2.45) is 0 Å². The SMILES string of the molecule is CCc1cc2c(N3CCN(c4ncccn4)CC3)nc(-c3cccnc3)nc2s1. The molecule has 146 valence electrons. The Labute approximate surface area is 173 Å². The summed E-state index contributed by atoms with van der Waals surface area (Å²) in [5, 5.41) is 1.14. The molecule has 0 aliphatic carbocycles. The van der Waals surface area contributed by atoms with Crippen molar-refractivity contribution in [3.8, 4) is 11.4 Å². The fourth-order valence-corrected chi connectivity index (χ4v) is 4.53. The van der Waals surface area contributed by atoms with Gasteiger partial charge in [0.1, 0.15) is 10.6 Å². The zero-order valence-electron chi connectivity index (χ0n) is 16.2. The molecule has 0 aromatic carbocycles. The van der Waals surface area contributed by atoms with E-state index < -0.39 is 0 Å². The maximum Gasteiger partial charge on any atom is 0.225 e. The number of piperazine rings is 1. The van der Waals surface area contributed by atoms with Gasteiger partial charge in [-0.15, -0.1) is 11.3 Å². The lowest BCUT2D eigenvalue weighted by Crippen LogP contribution is -2.47. The first kappa shape index (κ1) is 17.9. The summed E-state index contributed by atoms with van der Waals surface area (Å²) < 4.78 is 0. The molecule has 1 aliphatic heterocycles. The van der Waals surface area contributed by atoms with Gasteiger partial charge in [-0.3, -0.25) is 4.98 Å². The molecule has 0 saturated carbocycles. The topological polar surface area (TPSA) is 70.9 Å². The minimum absolute atomic E-state index is 0.735. The fraction of sp³-hybridized carbons (Fsp3) is 0.286. The van der Waals surface area contributed by atoms with E-state index in [1.54, 1.807) is 29.9 Å². The second-order valence-electron chi connectivity index (χ2n) is 6.92. The van der Waals surface area contributed by atoms with Crippen LogP contribution in [0.2, 0.25) is 0 Å². The monoisotopic (exact) mass is 403 g/mol. The van der Waals surface area contributed by atoms with Gasteiger partial charge in [-0.05, 0) is 30.7 Å². The van der Waals surface area contributed by atoms with Gasteiger partial charge in [-0.25, -0.2) is 19.9 Å². The number of rotatable bonds is 4. The predicted molar refractivity (Wildman–Crippen MR) is 116 cm³/mol. The van der Waals surface area contributed by atoms with Crippen molar-refractivity contribution < 1.29 is 0 Å². The first-order valence-electron chi connectivity index (χ1n) is 9.79. The number of thiophene rings is 1. The molecule has 0 N–H and O–H groups in total. The van der Waals surface area contributed by atoms with Crippen LogP contribution in [-0.4, -0.2) is 51.1 Å². The Morgan fingerprint density at radius 2 is 1.76 bits per heavy atom. The lowest BCUT2D eigenvalue weighted by Gasteiger charge is -2.35. The van der Waals surface area contributed by atoms with E-state index >= 15 is 0 Å². The molecule has 1 aliphatic rings. The van der Waals surface area contributed by atoms with Crippen LogP contribution in [0.4, 0.5) is 11.8 Å². The van der Waals surface area contributed by atoms with Gasteiger partial charge < -0.3 is 9.80 Å². The molecule has 0 bridgehead atoms. The van der Waals surface area contributed by atoms with Crippen LogP contribution in [0.5, 0.6) is 0 Å². The van der Waals surface area contributed by atoms with Crippen LogP contribution < -0.4 is 9.80 Å². The van der Waals surface area contributed by atoms with Gasteiger partial charge in [0.05, 0.1) is 5.39 Å². The summed E-state index contributed by atoms with van der Waals surface area (Å²) in [5.74, 6) is 2.54. The number of pyridine rings is 1. The Bertz CT molecular complexity index is 1110. The van der Waals surface area contributed by atoms with Crippen molar-refractivity contribution in [1.29, 1.82) is 0 Å². The number of fused-ring (bicyclic) bond motifs is 1. The minimum Gasteiger partial charge on any atom is -0.352 e. The van der Waals surface area contributed by atoms with Crippen molar-refractivity contribution >= 4 is 33.3 Å². The third-order valence-corrected chi connectivity index (χ3v) is 6.28. The summed E-state index contributed by atoms with van der Waals surface area (Å²) in [6.07, 6.45) is 8.18. The second kappa shape index (κ2) is 7.71. The number of hydrogen-bond acceptors (Lipinski definition) is 8. The smallest absolute Gasteiger partial charge is 0.225 e. The van der Waals surface area contributed by atoms with E-state index in [0.717, 1.165) is 66.0 Å². The van der Waals surface area contributed by atoms with Gasteiger partial charge in [0, 0.05) is 61.4 Å². The maximum absolute atomic E-state index is 4.97. The first-order chi connectivity index (χ1) is 14.3. The number of aryl methyl sites for hydroxylation is 1. The van der Waals surface area contributed by atoms with Gasteiger partial charge in [-0.1, -0.05) is 6.92 Å². The molecule has 0 radical (unpaired) electrons. The van der Waals surface area contributed by atoms with Crippen LogP contribution in [0.25, 0.3) is 21.6 Å². The van der Waals surface area contributed by atoms with Crippen LogP contribution in [0.3, 0.4) is 0 Å². The fourth-order valence-electron chi connectivity index (χ4n) is 3.57. The summed E-state index contributed by atoms with van der Waals surface area (Å²) in [4.78, 5) is 29.8. The standard InChI is InChI=1S/C21H21N7S/c1-2-16-13-17-19(25-18(26-20(17)29-16)15-5-3-6-22-14-15)27-9-11-28(12-10-27)21-23-7-4-8-24-21/h3-8,13-14H,2,9-12H2,1H3. The Hall–Kier alpha value is -3.13. The van der Waals surface area contributed by atoms with Crippen molar-refractivity contribution in [2.45, 2.75) is 13.3 Å². The summed E-state index contributed by atoms with van der Waals surface area (Å²) in [6.45, 7) is 5.64. The molecule has 8 heteroatoms. The Morgan fingerprint density at radius 3 is 2.48 bits per heavy atom. The molecular weight excluding hydrogens is 382 g/mol. The van der Waals surface area contributed by atoms with E-state index in [0.29, 0.717) is 0 Å². The average Bonchev–Trinajstić information content (AvgIpc) is 3.23. The maximum atomic E-state index is 4.97. The lowest BCUT2D eigenvalue weighted by atomic mass is 10.2. The number of nitrogens with zero attached hydrogens (tertiary/aromatic N) is 7. The van der Waals surface area contributed by atoms with Gasteiger partial charge in [0.25, 0.3) is 0 Å². The molecule has 0 amide bonds. The van der Waals surface area contributed by atoms with Crippen LogP contribution in [-0.2, 0) is 6.42 Å². The highest BCUT2D eigenvalue weighted by Gasteiger charge is 2.23. The quantitative estimate of drug-likeness (QED) is 0.517. The molecule has 7 nitrogen and oxygen atoms in total. The highest BCUT2D eigenvalue weighted by molar-refractivity contribution is 7.18. The van der Waals surface area contributed by atoms with Crippen LogP contribution >= 0.6 is 11.3 Å². The third kappa shape index (κ3) is 3.51. The van der Waals surface area contributed by atoms with E-state index in [9.17, 15) is 0 Å². The number of aromatic nitrogens is 5. The number of anilines is 2. The highest BCUT2D eigenvalue weighted by Crippen LogP contribution is 2.34.